The molecular weight excluding hydrogens is 336 g/mol. The highest BCUT2D eigenvalue weighted by Crippen LogP contribution is 2.29. The van der Waals surface area contributed by atoms with Gasteiger partial charge in [0.25, 0.3) is 5.91 Å². The molecule has 0 fully saturated rings. The van der Waals surface area contributed by atoms with Crippen molar-refractivity contribution in [3.05, 3.63) is 27.9 Å². The van der Waals surface area contributed by atoms with Gasteiger partial charge in [0, 0.05) is 25.4 Å². The highest BCUT2D eigenvalue weighted by atomic mass is 32.2. The lowest BCUT2D eigenvalue weighted by atomic mass is 9.99. The molecular formula is C14H16N4O5S. The summed E-state index contributed by atoms with van der Waals surface area (Å²) in [5.41, 5.74) is -0.0622. The first-order chi connectivity index (χ1) is 11.6. The van der Waals surface area contributed by atoms with E-state index >= 15 is 0 Å². The number of nitrogens with zero attached hydrogens (tertiary/aromatic N) is 1. The van der Waals surface area contributed by atoms with Crippen molar-refractivity contribution in [1.29, 1.82) is 0 Å². The molecule has 2 amide bonds. The van der Waals surface area contributed by atoms with Gasteiger partial charge in [-0.25, -0.2) is 0 Å². The third-order valence-electron chi connectivity index (χ3n) is 3.13. The zero-order valence-electron chi connectivity index (χ0n) is 12.9. The minimum absolute atomic E-state index is 0.000418. The Bertz CT molecular complexity index is 697. The molecule has 128 valence electrons. The van der Waals surface area contributed by atoms with E-state index in [9.17, 15) is 19.2 Å². The van der Waals surface area contributed by atoms with Gasteiger partial charge in [0.2, 0.25) is 18.0 Å². The Labute approximate surface area is 141 Å². The summed E-state index contributed by atoms with van der Waals surface area (Å²) < 4.78 is 5.27. The van der Waals surface area contributed by atoms with Crippen molar-refractivity contribution in [3.63, 3.8) is 0 Å². The molecule has 0 saturated carbocycles. The number of ether oxygens (including phenoxy) is 1. The molecule has 10 heteroatoms. The molecule has 0 atom stereocenters. The van der Waals surface area contributed by atoms with E-state index in [0.29, 0.717) is 31.9 Å². The van der Waals surface area contributed by atoms with Crippen LogP contribution in [-0.4, -0.2) is 66.6 Å². The van der Waals surface area contributed by atoms with Crippen molar-refractivity contribution >= 4 is 35.6 Å². The van der Waals surface area contributed by atoms with Crippen LogP contribution in [0.4, 0.5) is 0 Å². The maximum atomic E-state index is 12.5. The van der Waals surface area contributed by atoms with Gasteiger partial charge >= 0.3 is 0 Å². The standard InChI is InChI=1S/C14H16N4O5S/c1-15-14(22)12-10-11(17-18-12)8(20)6-9(13(10)21)24-5-4-23-3-2-16-7-19/h6-7H,2-5H2,1H3,(H,15,22)(H,16,19)(H,17,18). The largest absolute Gasteiger partial charge is 0.379 e. The molecule has 0 bridgehead atoms. The number of hydrogen-bond acceptors (Lipinski definition) is 7. The van der Waals surface area contributed by atoms with Crippen molar-refractivity contribution in [2.24, 2.45) is 0 Å². The van der Waals surface area contributed by atoms with Crippen LogP contribution in [0.15, 0.2) is 11.0 Å². The molecule has 24 heavy (non-hydrogen) atoms. The Kier molecular flexibility index (Phi) is 6.27. The van der Waals surface area contributed by atoms with Crippen LogP contribution in [0.5, 0.6) is 0 Å². The van der Waals surface area contributed by atoms with Crippen molar-refractivity contribution in [2.45, 2.75) is 0 Å². The highest BCUT2D eigenvalue weighted by Gasteiger charge is 2.33. The molecule has 0 aliphatic heterocycles. The highest BCUT2D eigenvalue weighted by molar-refractivity contribution is 8.04. The Morgan fingerprint density at radius 1 is 1.42 bits per heavy atom. The zero-order valence-corrected chi connectivity index (χ0v) is 13.7. The second-order valence-electron chi connectivity index (χ2n) is 4.64. The van der Waals surface area contributed by atoms with E-state index in [0.717, 1.165) is 0 Å². The van der Waals surface area contributed by atoms with Gasteiger partial charge in [-0.15, -0.1) is 11.8 Å². The van der Waals surface area contributed by atoms with Crippen molar-refractivity contribution < 1.29 is 23.9 Å². The van der Waals surface area contributed by atoms with Crippen LogP contribution in [0.1, 0.15) is 31.3 Å². The maximum Gasteiger partial charge on any atom is 0.272 e. The van der Waals surface area contributed by atoms with Crippen LogP contribution < -0.4 is 10.6 Å². The van der Waals surface area contributed by atoms with Gasteiger partial charge in [0.1, 0.15) is 5.69 Å². The number of carbonyl (C=O) groups is 4. The summed E-state index contributed by atoms with van der Waals surface area (Å²) in [5.74, 6) is -0.893. The predicted octanol–water partition coefficient (Wildman–Crippen LogP) is -0.472. The second kappa shape index (κ2) is 8.41. The zero-order chi connectivity index (χ0) is 17.5. The van der Waals surface area contributed by atoms with Crippen LogP contribution in [0, 0.1) is 0 Å². The summed E-state index contributed by atoms with van der Waals surface area (Å²) in [5, 5.41) is 11.0. The van der Waals surface area contributed by atoms with Crippen molar-refractivity contribution in [2.75, 3.05) is 32.6 Å². The Balaban J connectivity index is 1.97. The van der Waals surface area contributed by atoms with Crippen LogP contribution in [0.2, 0.25) is 0 Å². The van der Waals surface area contributed by atoms with E-state index in [4.69, 9.17) is 4.74 Å². The molecule has 1 aliphatic rings. The number of allylic oxidation sites excluding steroid dienone is 2. The number of nitrogens with one attached hydrogen (secondary N) is 3. The molecule has 3 N–H and O–H groups in total. The van der Waals surface area contributed by atoms with E-state index in [1.807, 2.05) is 0 Å². The molecule has 0 aromatic carbocycles. The third kappa shape index (κ3) is 3.89. The van der Waals surface area contributed by atoms with E-state index in [2.05, 4.69) is 20.8 Å². The quantitative estimate of drug-likeness (QED) is 0.404. The van der Waals surface area contributed by atoms with Gasteiger partial charge in [0.15, 0.2) is 5.69 Å². The van der Waals surface area contributed by atoms with Gasteiger partial charge in [-0.3, -0.25) is 24.3 Å². The summed E-state index contributed by atoms with van der Waals surface area (Å²) in [6.45, 7) is 1.12. The number of aromatic nitrogens is 2. The number of aromatic amines is 1. The number of thioether (sulfide) groups is 1. The van der Waals surface area contributed by atoms with Crippen LogP contribution in [-0.2, 0) is 9.53 Å². The summed E-state index contributed by atoms with van der Waals surface area (Å²) >= 11 is 1.17. The Morgan fingerprint density at radius 2 is 2.21 bits per heavy atom. The number of hydrogen-bond donors (Lipinski definition) is 3. The first-order valence-corrected chi connectivity index (χ1v) is 8.07. The molecule has 0 radical (unpaired) electrons. The third-order valence-corrected chi connectivity index (χ3v) is 4.11. The second-order valence-corrected chi connectivity index (χ2v) is 5.77. The molecule has 0 spiro atoms. The first kappa shape index (κ1) is 17.9. The molecule has 9 nitrogen and oxygen atoms in total. The van der Waals surface area contributed by atoms with Gasteiger partial charge in [-0.1, -0.05) is 0 Å². The topological polar surface area (TPSA) is 130 Å². The lowest BCUT2D eigenvalue weighted by Crippen LogP contribution is -2.23. The molecule has 1 heterocycles. The lowest BCUT2D eigenvalue weighted by Gasteiger charge is -2.12. The molecule has 1 aromatic rings. The summed E-state index contributed by atoms with van der Waals surface area (Å²) in [4.78, 5) is 46.6. The number of H-pyrrole nitrogens is 1. The van der Waals surface area contributed by atoms with Crippen molar-refractivity contribution in [1.82, 2.24) is 20.8 Å². The smallest absolute Gasteiger partial charge is 0.272 e. The Hall–Kier alpha value is -2.46. The number of carbonyl (C=O) groups excluding carboxylic acids is 4. The van der Waals surface area contributed by atoms with Crippen LogP contribution in [0.25, 0.3) is 0 Å². The predicted molar refractivity (Wildman–Crippen MR) is 86.1 cm³/mol. The van der Waals surface area contributed by atoms with E-state index in [1.165, 1.54) is 24.9 Å². The van der Waals surface area contributed by atoms with Gasteiger partial charge in [-0.05, 0) is 0 Å². The van der Waals surface area contributed by atoms with E-state index < -0.39 is 17.5 Å². The fraction of sp³-hybridized carbons (Fsp3) is 0.357. The SMILES string of the molecule is CNC(=O)c1n[nH]c2c1C(=O)C(SCCOCCNC=O)=CC2=O. The first-order valence-electron chi connectivity index (χ1n) is 7.09. The summed E-state index contributed by atoms with van der Waals surface area (Å²) in [6.07, 6.45) is 1.82. The number of amides is 2. The lowest BCUT2D eigenvalue weighted by molar-refractivity contribution is -0.109. The number of rotatable bonds is 9. The number of fused-ring (bicyclic) bond motifs is 1. The van der Waals surface area contributed by atoms with Crippen LogP contribution in [0.3, 0.4) is 0 Å². The molecule has 0 saturated heterocycles. The molecule has 1 aromatic heterocycles. The fourth-order valence-corrected chi connectivity index (χ4v) is 2.86. The minimum atomic E-state index is -0.536. The number of Topliss-reactive ketones (excluding diaryl/α,β-unsaturated/α-hetero) is 1. The van der Waals surface area contributed by atoms with Gasteiger partial charge < -0.3 is 15.4 Å². The summed E-state index contributed by atoms with van der Waals surface area (Å²) in [6, 6.07) is 0. The average molecular weight is 352 g/mol. The molecule has 1 aliphatic carbocycles. The van der Waals surface area contributed by atoms with E-state index in [-0.39, 0.29) is 21.9 Å². The Morgan fingerprint density at radius 3 is 2.92 bits per heavy atom. The summed E-state index contributed by atoms with van der Waals surface area (Å²) in [7, 11) is 1.42. The van der Waals surface area contributed by atoms with Crippen LogP contribution >= 0.6 is 11.8 Å². The number of ketones is 2. The minimum Gasteiger partial charge on any atom is -0.379 e. The molecule has 2 rings (SSSR count). The molecule has 0 unspecified atom stereocenters. The van der Waals surface area contributed by atoms with Gasteiger partial charge in [0.05, 0.1) is 23.7 Å². The normalized spacial score (nSPS) is 13.3. The maximum absolute atomic E-state index is 12.5. The fourth-order valence-electron chi connectivity index (χ4n) is 2.01. The average Bonchev–Trinajstić information content (AvgIpc) is 3.03. The van der Waals surface area contributed by atoms with E-state index in [1.54, 1.807) is 0 Å². The van der Waals surface area contributed by atoms with Gasteiger partial charge in [-0.2, -0.15) is 5.10 Å². The monoisotopic (exact) mass is 352 g/mol. The van der Waals surface area contributed by atoms with Crippen molar-refractivity contribution in [3.8, 4) is 0 Å².